The largest absolute Gasteiger partial charge is 0.296 e. The van der Waals surface area contributed by atoms with E-state index in [1.165, 1.54) is 0 Å². The molecule has 4 heteroatoms. The van der Waals surface area contributed by atoms with Crippen molar-refractivity contribution in [2.45, 2.75) is 20.3 Å². The van der Waals surface area contributed by atoms with Crippen LogP contribution in [0.5, 0.6) is 0 Å². The fourth-order valence-corrected chi connectivity index (χ4v) is 2.64. The minimum atomic E-state index is 0.392. The molecular weight excluding hydrogens is 274 g/mol. The van der Waals surface area contributed by atoms with Crippen molar-refractivity contribution in [3.63, 3.8) is 0 Å². The highest BCUT2D eigenvalue weighted by Crippen LogP contribution is 2.18. The molecule has 0 aliphatic carbocycles. The zero-order valence-corrected chi connectivity index (χ0v) is 12.7. The van der Waals surface area contributed by atoms with Crippen LogP contribution in [0.4, 0.5) is 0 Å². The first kappa shape index (κ1) is 14.2. The van der Waals surface area contributed by atoms with Gasteiger partial charge >= 0.3 is 0 Å². The summed E-state index contributed by atoms with van der Waals surface area (Å²) >= 11 is 0. The summed E-state index contributed by atoms with van der Waals surface area (Å²) in [5.41, 5.74) is 5.57. The van der Waals surface area contributed by atoms with Crippen molar-refractivity contribution in [2.75, 3.05) is 0 Å². The summed E-state index contributed by atoms with van der Waals surface area (Å²) < 4.78 is 1.76. The summed E-state index contributed by atoms with van der Waals surface area (Å²) in [6.07, 6.45) is 1.39. The van der Waals surface area contributed by atoms with Crippen molar-refractivity contribution in [3.8, 4) is 5.69 Å². The Balaban J connectivity index is 2.09. The second kappa shape index (κ2) is 5.93. The van der Waals surface area contributed by atoms with Gasteiger partial charge in [0, 0.05) is 6.42 Å². The van der Waals surface area contributed by atoms with Gasteiger partial charge in [-0.2, -0.15) is 0 Å². The Morgan fingerprint density at radius 1 is 1.05 bits per heavy atom. The van der Waals surface area contributed by atoms with Gasteiger partial charge in [-0.1, -0.05) is 41.6 Å². The summed E-state index contributed by atoms with van der Waals surface area (Å²) in [5, 5.41) is 8.18. The highest BCUT2D eigenvalue weighted by Gasteiger charge is 2.14. The fourth-order valence-electron chi connectivity index (χ4n) is 2.64. The first-order valence-corrected chi connectivity index (χ1v) is 7.20. The number of aldehydes is 1. The van der Waals surface area contributed by atoms with Crippen LogP contribution in [-0.4, -0.2) is 21.3 Å². The lowest BCUT2D eigenvalue weighted by Crippen LogP contribution is -2.05. The molecule has 0 amide bonds. The Morgan fingerprint density at radius 3 is 2.36 bits per heavy atom. The molecule has 0 unspecified atom stereocenters. The normalized spacial score (nSPS) is 10.6. The van der Waals surface area contributed by atoms with E-state index in [9.17, 15) is 4.79 Å². The number of nitrogens with zero attached hydrogens (tertiary/aromatic N) is 3. The molecule has 22 heavy (non-hydrogen) atoms. The number of benzene rings is 2. The molecule has 0 saturated heterocycles. The van der Waals surface area contributed by atoms with Gasteiger partial charge in [0.25, 0.3) is 0 Å². The Labute approximate surface area is 129 Å². The average molecular weight is 291 g/mol. The second-order valence-electron chi connectivity index (χ2n) is 5.46. The predicted molar refractivity (Wildman–Crippen MR) is 85.5 cm³/mol. The van der Waals surface area contributed by atoms with E-state index in [1.54, 1.807) is 4.68 Å². The molecule has 1 aromatic heterocycles. The van der Waals surface area contributed by atoms with E-state index in [-0.39, 0.29) is 0 Å². The molecule has 0 N–H and O–H groups in total. The third-order valence-corrected chi connectivity index (χ3v) is 3.57. The summed E-state index contributed by atoms with van der Waals surface area (Å²) in [6, 6.07) is 16.2. The van der Waals surface area contributed by atoms with Crippen LogP contribution in [0, 0.1) is 13.8 Å². The molecule has 2 aromatic carbocycles. The van der Waals surface area contributed by atoms with Crippen LogP contribution in [0.15, 0.2) is 48.5 Å². The summed E-state index contributed by atoms with van der Waals surface area (Å²) in [7, 11) is 0. The lowest BCUT2D eigenvalue weighted by Gasteiger charge is -2.09. The summed E-state index contributed by atoms with van der Waals surface area (Å²) in [4.78, 5) is 11.3. The Hall–Kier alpha value is -2.75. The van der Waals surface area contributed by atoms with Crippen LogP contribution in [0.1, 0.15) is 32.9 Å². The van der Waals surface area contributed by atoms with Crippen molar-refractivity contribution >= 4 is 6.29 Å². The maximum atomic E-state index is 11.3. The smallest absolute Gasteiger partial charge is 0.172 e. The molecule has 3 rings (SSSR count). The van der Waals surface area contributed by atoms with E-state index in [4.69, 9.17) is 0 Å². The number of hydrogen-bond donors (Lipinski definition) is 0. The number of carbonyl (C=O) groups excluding carboxylic acids is 1. The van der Waals surface area contributed by atoms with Crippen LogP contribution in [-0.2, 0) is 6.42 Å². The molecule has 0 bridgehead atoms. The quantitative estimate of drug-likeness (QED) is 0.693. The minimum Gasteiger partial charge on any atom is -0.296 e. The van der Waals surface area contributed by atoms with Gasteiger partial charge in [-0.15, -0.1) is 5.10 Å². The first-order valence-electron chi connectivity index (χ1n) is 7.20. The van der Waals surface area contributed by atoms with Gasteiger partial charge in [0.15, 0.2) is 6.29 Å². The van der Waals surface area contributed by atoms with Crippen molar-refractivity contribution in [2.24, 2.45) is 0 Å². The fraction of sp³-hybridized carbons (Fsp3) is 0.167. The Bertz CT molecular complexity index is 786. The highest BCUT2D eigenvalue weighted by atomic mass is 16.1. The number of rotatable bonds is 4. The zero-order valence-electron chi connectivity index (χ0n) is 12.7. The topological polar surface area (TPSA) is 47.8 Å². The Morgan fingerprint density at radius 2 is 1.73 bits per heavy atom. The molecule has 110 valence electrons. The number of aryl methyl sites for hydroxylation is 2. The van der Waals surface area contributed by atoms with E-state index in [0.29, 0.717) is 12.1 Å². The lowest BCUT2D eigenvalue weighted by molar-refractivity contribution is 0.111. The number of hydrogen-bond acceptors (Lipinski definition) is 3. The number of aromatic nitrogens is 3. The van der Waals surface area contributed by atoms with E-state index < -0.39 is 0 Å². The average Bonchev–Trinajstić information content (AvgIpc) is 2.90. The molecule has 0 spiro atoms. The van der Waals surface area contributed by atoms with Gasteiger partial charge in [-0.25, -0.2) is 4.68 Å². The molecule has 0 radical (unpaired) electrons. The van der Waals surface area contributed by atoms with Gasteiger partial charge in [-0.3, -0.25) is 4.79 Å². The third kappa shape index (κ3) is 2.81. The molecule has 0 fully saturated rings. The SMILES string of the molecule is Cc1cc(C)cc(-n2nnc(C=O)c2Cc2ccccc2)c1. The minimum absolute atomic E-state index is 0.392. The summed E-state index contributed by atoms with van der Waals surface area (Å²) in [5.74, 6) is 0. The van der Waals surface area contributed by atoms with Crippen LogP contribution >= 0.6 is 0 Å². The van der Waals surface area contributed by atoms with Crippen LogP contribution in [0.2, 0.25) is 0 Å². The molecular formula is C18H17N3O. The molecule has 0 saturated carbocycles. The van der Waals surface area contributed by atoms with E-state index in [2.05, 4.69) is 16.4 Å². The van der Waals surface area contributed by atoms with E-state index in [0.717, 1.165) is 34.4 Å². The Kier molecular flexibility index (Phi) is 3.83. The maximum Gasteiger partial charge on any atom is 0.172 e. The second-order valence-corrected chi connectivity index (χ2v) is 5.46. The highest BCUT2D eigenvalue weighted by molar-refractivity contribution is 5.73. The van der Waals surface area contributed by atoms with Crippen molar-refractivity contribution in [1.82, 2.24) is 15.0 Å². The van der Waals surface area contributed by atoms with Gasteiger partial charge in [0.1, 0.15) is 5.69 Å². The van der Waals surface area contributed by atoms with Crippen LogP contribution in [0.3, 0.4) is 0 Å². The standard InChI is InChI=1S/C18H17N3O/c1-13-8-14(2)10-16(9-13)21-18(17(12-22)19-20-21)11-15-6-4-3-5-7-15/h3-10,12H,11H2,1-2H3. The molecule has 0 aliphatic rings. The maximum absolute atomic E-state index is 11.3. The third-order valence-electron chi connectivity index (χ3n) is 3.57. The summed E-state index contributed by atoms with van der Waals surface area (Å²) in [6.45, 7) is 4.09. The molecule has 1 heterocycles. The molecule has 0 aliphatic heterocycles. The van der Waals surface area contributed by atoms with Crippen LogP contribution < -0.4 is 0 Å². The molecule has 4 nitrogen and oxygen atoms in total. The monoisotopic (exact) mass is 291 g/mol. The first-order chi connectivity index (χ1) is 10.7. The lowest BCUT2D eigenvalue weighted by atomic mass is 10.1. The van der Waals surface area contributed by atoms with E-state index >= 15 is 0 Å². The van der Waals surface area contributed by atoms with Crippen molar-refractivity contribution < 1.29 is 4.79 Å². The zero-order chi connectivity index (χ0) is 15.5. The van der Waals surface area contributed by atoms with Gasteiger partial charge < -0.3 is 0 Å². The van der Waals surface area contributed by atoms with Crippen LogP contribution in [0.25, 0.3) is 5.69 Å². The van der Waals surface area contributed by atoms with Crippen molar-refractivity contribution in [1.29, 1.82) is 0 Å². The number of carbonyl (C=O) groups is 1. The predicted octanol–water partition coefficient (Wildman–Crippen LogP) is 3.29. The van der Waals surface area contributed by atoms with Gasteiger partial charge in [0.05, 0.1) is 11.4 Å². The molecule has 3 aromatic rings. The van der Waals surface area contributed by atoms with Crippen molar-refractivity contribution in [3.05, 3.63) is 76.6 Å². The van der Waals surface area contributed by atoms with Gasteiger partial charge in [0.2, 0.25) is 0 Å². The van der Waals surface area contributed by atoms with Gasteiger partial charge in [-0.05, 0) is 42.7 Å². The molecule has 0 atom stereocenters. The van der Waals surface area contributed by atoms with E-state index in [1.807, 2.05) is 56.3 Å².